The Hall–Kier alpha value is 0.567. The van der Waals surface area contributed by atoms with Crippen molar-refractivity contribution in [2.45, 2.75) is 65.7 Å². The highest BCUT2D eigenvalue weighted by molar-refractivity contribution is 7.45. The maximum absolute atomic E-state index is 2.71. The minimum atomic E-state index is -1.30. The van der Waals surface area contributed by atoms with Crippen molar-refractivity contribution < 1.29 is 0 Å². The van der Waals surface area contributed by atoms with Gasteiger partial charge in [0.1, 0.15) is 0 Å². The Morgan fingerprint density at radius 1 is 0.786 bits per heavy atom. The molecule has 0 amide bonds. The second-order valence-electron chi connectivity index (χ2n) is 6.61. The van der Waals surface area contributed by atoms with E-state index in [0.717, 1.165) is 8.88 Å². The highest BCUT2D eigenvalue weighted by atomic mass is 31.1. The van der Waals surface area contributed by atoms with Gasteiger partial charge in [-0.3, -0.25) is 8.67 Å². The largest absolute Gasteiger partial charge is 0.275 e. The van der Waals surface area contributed by atoms with Crippen molar-refractivity contribution in [3.63, 3.8) is 0 Å². The van der Waals surface area contributed by atoms with Crippen LogP contribution in [0.1, 0.15) is 41.5 Å². The van der Waals surface area contributed by atoms with Crippen LogP contribution in [0.5, 0.6) is 0 Å². The summed E-state index contributed by atoms with van der Waals surface area (Å²) >= 11 is 0. The first-order chi connectivity index (χ1) is 5.97. The molecule has 1 rings (SSSR count). The molecular weight excluding hydrogens is 207 g/mol. The Labute approximate surface area is 92.1 Å². The Morgan fingerprint density at radius 2 is 1.07 bits per heavy atom. The van der Waals surface area contributed by atoms with Gasteiger partial charge in [-0.1, -0.05) is 0 Å². The Bertz CT molecular complexity index is 205. The van der Waals surface area contributed by atoms with Gasteiger partial charge >= 0.3 is 0 Å². The predicted octanol–water partition coefficient (Wildman–Crippen LogP) is 3.41. The molecule has 1 aliphatic heterocycles. The van der Waals surface area contributed by atoms with E-state index in [2.05, 4.69) is 63.3 Å². The number of hydrogen-bond acceptors (Lipinski definition) is 2. The van der Waals surface area contributed by atoms with E-state index in [0.29, 0.717) is 11.1 Å². The van der Waals surface area contributed by atoms with Crippen LogP contribution in [0.25, 0.3) is 0 Å². The number of hydrogen-bond donors (Lipinski definition) is 0. The van der Waals surface area contributed by atoms with Crippen LogP contribution in [0.4, 0.5) is 0 Å². The van der Waals surface area contributed by atoms with Crippen LogP contribution in [0.15, 0.2) is 0 Å². The number of nitrogens with zero attached hydrogens (tertiary/aromatic N) is 2. The SMILES string of the molecule is CC(C)(C)N1PN(C(C)(C)C)[Si]1(C)C. The fraction of sp³-hybridized carbons (Fsp3) is 1.00. The van der Waals surface area contributed by atoms with E-state index < -0.39 is 8.40 Å². The zero-order valence-corrected chi connectivity index (χ0v) is 12.9. The van der Waals surface area contributed by atoms with Gasteiger partial charge in [0, 0.05) is 20.0 Å². The zero-order valence-electron chi connectivity index (χ0n) is 10.9. The summed E-state index contributed by atoms with van der Waals surface area (Å²) in [7, 11) is -0.416. The third-order valence-corrected chi connectivity index (χ3v) is 11.8. The quantitative estimate of drug-likeness (QED) is 0.466. The second-order valence-corrected chi connectivity index (χ2v) is 12.5. The van der Waals surface area contributed by atoms with Gasteiger partial charge in [-0.05, 0) is 54.6 Å². The first-order valence-corrected chi connectivity index (χ1v) is 9.13. The fourth-order valence-electron chi connectivity index (χ4n) is 2.34. The standard InChI is InChI=1S/C10H25N2PSi/c1-9(2,3)11-13-12(10(4,5)6)14(11,7)8/h13H,1-8H3. The normalized spacial score (nSPS) is 24.9. The van der Waals surface area contributed by atoms with Gasteiger partial charge in [-0.15, -0.1) is 0 Å². The smallest absolute Gasteiger partial charge is 0.209 e. The summed E-state index contributed by atoms with van der Waals surface area (Å²) in [5.74, 6) is 0. The molecule has 0 spiro atoms. The molecule has 4 heteroatoms. The van der Waals surface area contributed by atoms with Crippen LogP contribution in [0.2, 0.25) is 13.1 Å². The molecule has 2 nitrogen and oxygen atoms in total. The van der Waals surface area contributed by atoms with Crippen molar-refractivity contribution in [2.24, 2.45) is 0 Å². The lowest BCUT2D eigenvalue weighted by atomic mass is 10.1. The summed E-state index contributed by atoms with van der Waals surface area (Å²) < 4.78 is 5.43. The van der Waals surface area contributed by atoms with E-state index in [1.165, 1.54) is 0 Å². The molecule has 0 atom stereocenters. The molecule has 0 saturated carbocycles. The summed E-state index contributed by atoms with van der Waals surface area (Å²) in [6.45, 7) is 18.9. The molecule has 1 heterocycles. The first-order valence-electron chi connectivity index (χ1n) is 5.34. The van der Waals surface area contributed by atoms with E-state index in [1.54, 1.807) is 0 Å². The third-order valence-electron chi connectivity index (χ3n) is 2.64. The van der Waals surface area contributed by atoms with E-state index >= 15 is 0 Å². The van der Waals surface area contributed by atoms with Crippen molar-refractivity contribution in [2.75, 3.05) is 0 Å². The third kappa shape index (κ3) is 2.06. The van der Waals surface area contributed by atoms with Gasteiger partial charge in [-0.25, -0.2) is 0 Å². The van der Waals surface area contributed by atoms with Crippen LogP contribution in [-0.4, -0.2) is 28.1 Å². The van der Waals surface area contributed by atoms with Gasteiger partial charge in [0.05, 0.1) is 0 Å². The molecular formula is C10H25N2PSi. The molecule has 1 aliphatic rings. The lowest BCUT2D eigenvalue weighted by Crippen LogP contribution is -2.74. The molecule has 0 N–H and O–H groups in total. The average Bonchev–Trinajstić information content (AvgIpc) is 1.77. The Kier molecular flexibility index (Phi) is 2.96. The number of rotatable bonds is 0. The summed E-state index contributed by atoms with van der Waals surface area (Å²) in [6.07, 6.45) is 0. The van der Waals surface area contributed by atoms with Crippen LogP contribution < -0.4 is 0 Å². The van der Waals surface area contributed by atoms with Crippen molar-refractivity contribution in [3.8, 4) is 0 Å². The van der Waals surface area contributed by atoms with Crippen molar-refractivity contribution in [1.29, 1.82) is 0 Å². The molecule has 0 aliphatic carbocycles. The minimum absolute atomic E-state index is 0.343. The van der Waals surface area contributed by atoms with Crippen LogP contribution >= 0.6 is 8.88 Å². The van der Waals surface area contributed by atoms with E-state index in [-0.39, 0.29) is 0 Å². The topological polar surface area (TPSA) is 6.48 Å². The van der Waals surface area contributed by atoms with Crippen molar-refractivity contribution in [1.82, 2.24) is 8.67 Å². The van der Waals surface area contributed by atoms with Gasteiger partial charge in [-0.2, -0.15) is 0 Å². The van der Waals surface area contributed by atoms with E-state index in [4.69, 9.17) is 0 Å². The average molecular weight is 232 g/mol. The Morgan fingerprint density at radius 3 is 1.21 bits per heavy atom. The molecule has 0 bridgehead atoms. The molecule has 0 aromatic carbocycles. The Balaban J connectivity index is 2.79. The van der Waals surface area contributed by atoms with Crippen molar-refractivity contribution >= 4 is 17.3 Å². The fourth-order valence-corrected chi connectivity index (χ4v) is 9.12. The first kappa shape index (κ1) is 12.6. The molecule has 0 aromatic heterocycles. The van der Waals surface area contributed by atoms with Gasteiger partial charge in [0.15, 0.2) is 0 Å². The molecule has 1 fully saturated rings. The lowest BCUT2D eigenvalue weighted by Gasteiger charge is -2.65. The highest BCUT2D eigenvalue weighted by Gasteiger charge is 2.54. The maximum Gasteiger partial charge on any atom is 0.209 e. The van der Waals surface area contributed by atoms with Crippen LogP contribution in [0, 0.1) is 0 Å². The molecule has 14 heavy (non-hydrogen) atoms. The molecule has 0 radical (unpaired) electrons. The highest BCUT2D eigenvalue weighted by Crippen LogP contribution is 2.54. The summed E-state index contributed by atoms with van der Waals surface area (Å²) in [6, 6.07) is 0. The molecule has 84 valence electrons. The predicted molar refractivity (Wildman–Crippen MR) is 69.0 cm³/mol. The van der Waals surface area contributed by atoms with E-state index in [1.807, 2.05) is 0 Å². The van der Waals surface area contributed by atoms with Gasteiger partial charge in [0.2, 0.25) is 8.40 Å². The summed E-state index contributed by atoms with van der Waals surface area (Å²) in [4.78, 5) is 0. The second kappa shape index (κ2) is 3.28. The lowest BCUT2D eigenvalue weighted by molar-refractivity contribution is 0.249. The van der Waals surface area contributed by atoms with Crippen LogP contribution in [0.3, 0.4) is 0 Å². The van der Waals surface area contributed by atoms with Gasteiger partial charge in [0.25, 0.3) is 0 Å². The molecule has 0 aromatic rings. The van der Waals surface area contributed by atoms with E-state index in [9.17, 15) is 0 Å². The molecule has 0 unspecified atom stereocenters. The summed E-state index contributed by atoms with van der Waals surface area (Å²) in [5, 5.41) is 0. The maximum atomic E-state index is 2.71. The minimum Gasteiger partial charge on any atom is -0.275 e. The van der Waals surface area contributed by atoms with Crippen molar-refractivity contribution in [3.05, 3.63) is 0 Å². The van der Waals surface area contributed by atoms with Crippen LogP contribution in [-0.2, 0) is 0 Å². The molecule has 1 saturated heterocycles. The zero-order chi connectivity index (χ0) is 11.4. The summed E-state index contributed by atoms with van der Waals surface area (Å²) in [5.41, 5.74) is 0.686. The van der Waals surface area contributed by atoms with Gasteiger partial charge < -0.3 is 0 Å². The monoisotopic (exact) mass is 232 g/mol.